The Hall–Kier alpha value is -1.29. The van der Waals surface area contributed by atoms with Crippen LogP contribution >= 0.6 is 0 Å². The summed E-state index contributed by atoms with van der Waals surface area (Å²) < 4.78 is 1.89. The number of nitrogens with zero attached hydrogens (tertiary/aromatic N) is 1. The molecule has 1 rings (SSSR count). The van der Waals surface area contributed by atoms with E-state index in [1.807, 2.05) is 30.7 Å². The smallest absolute Gasteiger partial charge is 0.268 e. The predicted molar refractivity (Wildman–Crippen MR) is 69.9 cm³/mol. The molecule has 1 aromatic rings. The van der Waals surface area contributed by atoms with Gasteiger partial charge in [0.2, 0.25) is 0 Å². The number of carbonyl (C=O) groups is 1. The topological polar surface area (TPSA) is 60.1 Å². The maximum Gasteiger partial charge on any atom is 0.268 e. The summed E-state index contributed by atoms with van der Waals surface area (Å²) in [6.45, 7) is 6.71. The second kappa shape index (κ2) is 5.87. The van der Waals surface area contributed by atoms with E-state index in [0.717, 1.165) is 12.1 Å². The lowest BCUT2D eigenvalue weighted by Crippen LogP contribution is -2.41. The van der Waals surface area contributed by atoms with Gasteiger partial charge >= 0.3 is 0 Å². The van der Waals surface area contributed by atoms with Crippen LogP contribution < -0.4 is 11.1 Å². The fourth-order valence-corrected chi connectivity index (χ4v) is 1.88. The van der Waals surface area contributed by atoms with Crippen molar-refractivity contribution in [1.82, 2.24) is 9.88 Å². The highest BCUT2D eigenvalue weighted by Crippen LogP contribution is 2.08. The van der Waals surface area contributed by atoms with Gasteiger partial charge in [0.05, 0.1) is 0 Å². The lowest BCUT2D eigenvalue weighted by atomic mass is 10.0. The summed E-state index contributed by atoms with van der Waals surface area (Å²) in [6.07, 6.45) is 0.908. The summed E-state index contributed by atoms with van der Waals surface area (Å²) in [6, 6.07) is 3.83. The molecular formula is C13H23N3O. The van der Waals surface area contributed by atoms with E-state index >= 15 is 0 Å². The molecular weight excluding hydrogens is 214 g/mol. The number of aromatic nitrogens is 1. The molecule has 1 atom stereocenters. The minimum absolute atomic E-state index is 0.0447. The molecule has 0 saturated carbocycles. The lowest BCUT2D eigenvalue weighted by molar-refractivity contribution is 0.0925. The molecule has 4 nitrogen and oxygen atoms in total. The van der Waals surface area contributed by atoms with Gasteiger partial charge in [-0.25, -0.2) is 0 Å². The molecule has 4 heteroatoms. The summed E-state index contributed by atoms with van der Waals surface area (Å²) in [7, 11) is 1.89. The average molecular weight is 237 g/mol. The first-order chi connectivity index (χ1) is 7.95. The molecule has 0 radical (unpaired) electrons. The monoisotopic (exact) mass is 237 g/mol. The van der Waals surface area contributed by atoms with Gasteiger partial charge in [-0.1, -0.05) is 13.8 Å². The largest absolute Gasteiger partial charge is 0.347 e. The molecule has 0 aromatic carbocycles. The van der Waals surface area contributed by atoms with Crippen LogP contribution in [0.15, 0.2) is 12.1 Å². The molecule has 0 bridgehead atoms. The van der Waals surface area contributed by atoms with Crippen LogP contribution in [0.25, 0.3) is 0 Å². The Balaban J connectivity index is 2.68. The summed E-state index contributed by atoms with van der Waals surface area (Å²) in [5, 5.41) is 2.98. The fourth-order valence-electron chi connectivity index (χ4n) is 1.88. The van der Waals surface area contributed by atoms with Crippen molar-refractivity contribution in [3.05, 3.63) is 23.5 Å². The maximum atomic E-state index is 12.0. The fraction of sp³-hybridized carbons (Fsp3) is 0.615. The van der Waals surface area contributed by atoms with Crippen LogP contribution in [0.2, 0.25) is 0 Å². The molecule has 1 aromatic heterocycles. The summed E-state index contributed by atoms with van der Waals surface area (Å²) in [5.74, 6) is 0.482. The van der Waals surface area contributed by atoms with E-state index in [1.54, 1.807) is 0 Å². The zero-order valence-electron chi connectivity index (χ0n) is 11.2. The van der Waals surface area contributed by atoms with E-state index in [4.69, 9.17) is 5.73 Å². The van der Waals surface area contributed by atoms with Crippen molar-refractivity contribution in [3.63, 3.8) is 0 Å². The third kappa shape index (κ3) is 3.60. The van der Waals surface area contributed by atoms with Gasteiger partial charge in [-0.15, -0.1) is 0 Å². The Bertz CT molecular complexity index is 382. The molecule has 1 heterocycles. The zero-order valence-corrected chi connectivity index (χ0v) is 11.2. The van der Waals surface area contributed by atoms with Crippen LogP contribution in [0.5, 0.6) is 0 Å². The van der Waals surface area contributed by atoms with E-state index in [1.165, 1.54) is 0 Å². The standard InChI is InChI=1S/C13H23N3O/c1-9(2)7-11(8-14)15-13(17)12-6-5-10(3)16(12)4/h5-6,9,11H,7-8,14H2,1-4H3,(H,15,17). The molecule has 17 heavy (non-hydrogen) atoms. The molecule has 96 valence electrons. The Morgan fingerprint density at radius 2 is 2.12 bits per heavy atom. The predicted octanol–water partition coefficient (Wildman–Crippen LogP) is 1.44. The van der Waals surface area contributed by atoms with Crippen molar-refractivity contribution in [1.29, 1.82) is 0 Å². The summed E-state index contributed by atoms with van der Waals surface area (Å²) >= 11 is 0. The first-order valence-electron chi connectivity index (χ1n) is 6.09. The van der Waals surface area contributed by atoms with Gasteiger partial charge < -0.3 is 15.6 Å². The second-order valence-corrected chi connectivity index (χ2v) is 4.95. The number of amides is 1. The highest BCUT2D eigenvalue weighted by atomic mass is 16.2. The molecule has 0 aliphatic carbocycles. The third-order valence-electron chi connectivity index (χ3n) is 2.98. The zero-order chi connectivity index (χ0) is 13.0. The van der Waals surface area contributed by atoms with Crippen molar-refractivity contribution >= 4 is 5.91 Å². The molecule has 1 amide bonds. The van der Waals surface area contributed by atoms with Gasteiger partial charge in [0.25, 0.3) is 5.91 Å². The number of nitrogens with one attached hydrogen (secondary N) is 1. The molecule has 0 spiro atoms. The molecule has 0 saturated heterocycles. The number of carbonyl (C=O) groups excluding carboxylic acids is 1. The van der Waals surface area contributed by atoms with E-state index < -0.39 is 0 Å². The first-order valence-corrected chi connectivity index (χ1v) is 6.09. The lowest BCUT2D eigenvalue weighted by Gasteiger charge is -2.19. The van der Waals surface area contributed by atoms with E-state index in [-0.39, 0.29) is 11.9 Å². The van der Waals surface area contributed by atoms with Crippen molar-refractivity contribution in [2.75, 3.05) is 6.54 Å². The quantitative estimate of drug-likeness (QED) is 0.814. The Morgan fingerprint density at radius 3 is 2.53 bits per heavy atom. The molecule has 0 aliphatic rings. The Labute approximate surface area is 103 Å². The first kappa shape index (κ1) is 13.8. The number of rotatable bonds is 5. The van der Waals surface area contributed by atoms with Crippen LogP contribution in [0, 0.1) is 12.8 Å². The van der Waals surface area contributed by atoms with E-state index in [2.05, 4.69) is 19.2 Å². The van der Waals surface area contributed by atoms with Gasteiger partial charge in [-0.3, -0.25) is 4.79 Å². The summed E-state index contributed by atoms with van der Waals surface area (Å²) in [4.78, 5) is 12.0. The van der Waals surface area contributed by atoms with Crippen molar-refractivity contribution in [2.45, 2.75) is 33.2 Å². The normalized spacial score (nSPS) is 12.8. The van der Waals surface area contributed by atoms with Crippen molar-refractivity contribution in [2.24, 2.45) is 18.7 Å². The minimum atomic E-state index is -0.0447. The van der Waals surface area contributed by atoms with E-state index in [9.17, 15) is 4.79 Å². The van der Waals surface area contributed by atoms with Crippen LogP contribution in [0.3, 0.4) is 0 Å². The number of aryl methyl sites for hydroxylation is 1. The molecule has 0 fully saturated rings. The molecule has 1 unspecified atom stereocenters. The van der Waals surface area contributed by atoms with E-state index in [0.29, 0.717) is 18.2 Å². The highest BCUT2D eigenvalue weighted by molar-refractivity contribution is 5.93. The van der Waals surface area contributed by atoms with Crippen LogP contribution in [-0.2, 0) is 7.05 Å². The number of hydrogen-bond acceptors (Lipinski definition) is 2. The maximum absolute atomic E-state index is 12.0. The second-order valence-electron chi connectivity index (χ2n) is 4.95. The Kier molecular flexibility index (Phi) is 4.75. The number of hydrogen-bond donors (Lipinski definition) is 2. The summed E-state index contributed by atoms with van der Waals surface area (Å²) in [5.41, 5.74) is 7.43. The van der Waals surface area contributed by atoms with Crippen molar-refractivity contribution < 1.29 is 4.79 Å². The van der Waals surface area contributed by atoms with Crippen LogP contribution in [-0.4, -0.2) is 23.1 Å². The Morgan fingerprint density at radius 1 is 1.47 bits per heavy atom. The molecule has 3 N–H and O–H groups in total. The molecule has 0 aliphatic heterocycles. The van der Waals surface area contributed by atoms with Gasteiger partial charge in [0, 0.05) is 25.3 Å². The van der Waals surface area contributed by atoms with Gasteiger partial charge in [-0.2, -0.15) is 0 Å². The highest BCUT2D eigenvalue weighted by Gasteiger charge is 2.16. The SMILES string of the molecule is Cc1ccc(C(=O)NC(CN)CC(C)C)n1C. The van der Waals surface area contributed by atoms with Crippen molar-refractivity contribution in [3.8, 4) is 0 Å². The third-order valence-corrected chi connectivity index (χ3v) is 2.98. The number of nitrogens with two attached hydrogens (primary N) is 1. The van der Waals surface area contributed by atoms with Gasteiger partial charge in [0.1, 0.15) is 5.69 Å². The average Bonchev–Trinajstić information content (AvgIpc) is 2.58. The van der Waals surface area contributed by atoms with Gasteiger partial charge in [0.15, 0.2) is 0 Å². The van der Waals surface area contributed by atoms with Gasteiger partial charge in [-0.05, 0) is 31.4 Å². The van der Waals surface area contributed by atoms with Crippen LogP contribution in [0.4, 0.5) is 0 Å². The minimum Gasteiger partial charge on any atom is -0.347 e. The van der Waals surface area contributed by atoms with Crippen LogP contribution in [0.1, 0.15) is 36.5 Å².